The van der Waals surface area contributed by atoms with Crippen molar-refractivity contribution in [2.45, 2.75) is 32.4 Å². The van der Waals surface area contributed by atoms with Crippen LogP contribution in [-0.2, 0) is 5.54 Å². The van der Waals surface area contributed by atoms with Crippen LogP contribution in [0.15, 0.2) is 42.5 Å². The van der Waals surface area contributed by atoms with Gasteiger partial charge in [0.05, 0.1) is 26.9 Å². The Morgan fingerprint density at radius 3 is 2.06 bits per heavy atom. The average molecular weight is 467 g/mol. The first-order chi connectivity index (χ1) is 16.4. The van der Waals surface area contributed by atoms with E-state index < -0.39 is 0 Å². The molecule has 9 heteroatoms. The minimum absolute atomic E-state index is 0.183. The van der Waals surface area contributed by atoms with Crippen LogP contribution in [-0.4, -0.2) is 72.6 Å². The molecule has 1 fully saturated rings. The summed E-state index contributed by atoms with van der Waals surface area (Å²) in [6.07, 6.45) is 0. The molecule has 0 N–H and O–H groups in total. The molecule has 1 unspecified atom stereocenters. The maximum absolute atomic E-state index is 5.77. The largest absolute Gasteiger partial charge is 0.497 e. The Labute approximate surface area is 201 Å². The van der Waals surface area contributed by atoms with Crippen LogP contribution in [0.4, 0.5) is 5.69 Å². The first-order valence-corrected chi connectivity index (χ1v) is 11.5. The van der Waals surface area contributed by atoms with E-state index in [4.69, 9.17) is 14.2 Å². The van der Waals surface area contributed by atoms with Crippen LogP contribution in [0.3, 0.4) is 0 Å². The lowest BCUT2D eigenvalue weighted by Gasteiger charge is -2.40. The van der Waals surface area contributed by atoms with Crippen LogP contribution < -0.4 is 19.1 Å². The smallest absolute Gasteiger partial charge is 0.173 e. The standard InChI is InChI=1S/C25H34N6O3/c1-25(2,3)31-24(26-27-28-31)23(21-17-20(33-5)11-12-22(21)34-6)30-15-13-29(14-16-30)18-7-9-19(32-4)10-8-18/h7-12,17,23H,13-16H2,1-6H3. The first kappa shape index (κ1) is 23.8. The Morgan fingerprint density at radius 2 is 1.47 bits per heavy atom. The molecule has 182 valence electrons. The third-order valence-corrected chi connectivity index (χ3v) is 6.22. The van der Waals surface area contributed by atoms with Gasteiger partial charge in [0.25, 0.3) is 0 Å². The van der Waals surface area contributed by atoms with E-state index in [9.17, 15) is 0 Å². The molecular formula is C25H34N6O3. The number of rotatable bonds is 7. The molecular weight excluding hydrogens is 432 g/mol. The normalized spacial score (nSPS) is 15.8. The number of nitrogens with zero attached hydrogens (tertiary/aromatic N) is 6. The first-order valence-electron chi connectivity index (χ1n) is 11.5. The highest BCUT2D eigenvalue weighted by Crippen LogP contribution is 2.38. The third-order valence-electron chi connectivity index (χ3n) is 6.22. The van der Waals surface area contributed by atoms with Crippen molar-refractivity contribution in [1.82, 2.24) is 25.1 Å². The van der Waals surface area contributed by atoms with Crippen LogP contribution in [0, 0.1) is 0 Å². The predicted octanol–water partition coefficient (Wildman–Crippen LogP) is 3.37. The van der Waals surface area contributed by atoms with Gasteiger partial charge < -0.3 is 19.1 Å². The zero-order chi connectivity index (χ0) is 24.3. The molecule has 34 heavy (non-hydrogen) atoms. The van der Waals surface area contributed by atoms with E-state index in [2.05, 4.69) is 58.2 Å². The molecule has 1 aliphatic rings. The number of tetrazole rings is 1. The Hall–Kier alpha value is -3.33. The second kappa shape index (κ2) is 9.89. The Morgan fingerprint density at radius 1 is 0.824 bits per heavy atom. The summed E-state index contributed by atoms with van der Waals surface area (Å²) in [6.45, 7) is 9.76. The predicted molar refractivity (Wildman–Crippen MR) is 131 cm³/mol. The number of aromatic nitrogens is 4. The van der Waals surface area contributed by atoms with Crippen LogP contribution in [0.2, 0.25) is 0 Å². The number of methoxy groups -OCH3 is 3. The third kappa shape index (κ3) is 4.79. The van der Waals surface area contributed by atoms with Crippen LogP contribution in [0.1, 0.15) is 38.2 Å². The van der Waals surface area contributed by atoms with E-state index in [0.717, 1.165) is 54.8 Å². The van der Waals surface area contributed by atoms with Gasteiger partial charge in [0.2, 0.25) is 0 Å². The van der Waals surface area contributed by atoms with Gasteiger partial charge >= 0.3 is 0 Å². The summed E-state index contributed by atoms with van der Waals surface area (Å²) in [5, 5.41) is 12.9. The second-order valence-corrected chi connectivity index (χ2v) is 9.35. The lowest BCUT2D eigenvalue weighted by Crippen LogP contribution is -2.48. The number of hydrogen-bond donors (Lipinski definition) is 0. The zero-order valence-corrected chi connectivity index (χ0v) is 20.9. The number of benzene rings is 2. The highest BCUT2D eigenvalue weighted by molar-refractivity contribution is 5.50. The molecule has 1 atom stereocenters. The zero-order valence-electron chi connectivity index (χ0n) is 20.9. The maximum atomic E-state index is 5.77. The monoisotopic (exact) mass is 466 g/mol. The molecule has 0 saturated carbocycles. The fourth-order valence-electron chi connectivity index (χ4n) is 4.43. The Bertz CT molecular complexity index is 1080. The highest BCUT2D eigenvalue weighted by atomic mass is 16.5. The molecule has 0 amide bonds. The summed E-state index contributed by atoms with van der Waals surface area (Å²) < 4.78 is 18.5. The summed E-state index contributed by atoms with van der Waals surface area (Å²) >= 11 is 0. The lowest BCUT2D eigenvalue weighted by molar-refractivity contribution is 0.188. The van der Waals surface area contributed by atoms with Gasteiger partial charge in [0.15, 0.2) is 5.82 Å². The van der Waals surface area contributed by atoms with E-state index in [1.807, 2.05) is 35.0 Å². The quantitative estimate of drug-likeness (QED) is 0.525. The molecule has 2 heterocycles. The van der Waals surface area contributed by atoms with E-state index in [1.165, 1.54) is 5.69 Å². The van der Waals surface area contributed by atoms with Gasteiger partial charge in [-0.25, -0.2) is 4.68 Å². The second-order valence-electron chi connectivity index (χ2n) is 9.35. The summed E-state index contributed by atoms with van der Waals surface area (Å²) in [6, 6.07) is 13.9. The minimum Gasteiger partial charge on any atom is -0.497 e. The van der Waals surface area contributed by atoms with Crippen molar-refractivity contribution in [2.24, 2.45) is 0 Å². The van der Waals surface area contributed by atoms with Crippen molar-refractivity contribution in [3.8, 4) is 17.2 Å². The molecule has 1 aromatic heterocycles. The summed E-state index contributed by atoms with van der Waals surface area (Å²) in [5.74, 6) is 3.21. The summed E-state index contributed by atoms with van der Waals surface area (Å²) in [7, 11) is 5.05. The highest BCUT2D eigenvalue weighted by Gasteiger charge is 2.35. The van der Waals surface area contributed by atoms with Crippen molar-refractivity contribution in [3.63, 3.8) is 0 Å². The number of hydrogen-bond acceptors (Lipinski definition) is 8. The SMILES string of the molecule is COc1ccc(N2CCN(C(c3cc(OC)ccc3OC)c3nnnn3C(C)(C)C)CC2)cc1. The fraction of sp³-hybridized carbons (Fsp3) is 0.480. The molecule has 0 aliphatic carbocycles. The number of ether oxygens (including phenoxy) is 3. The molecule has 4 rings (SSSR count). The number of anilines is 1. The molecule has 0 radical (unpaired) electrons. The Balaban J connectivity index is 1.68. The Kier molecular flexibility index (Phi) is 6.92. The summed E-state index contributed by atoms with van der Waals surface area (Å²) in [5.41, 5.74) is 1.91. The van der Waals surface area contributed by atoms with E-state index in [0.29, 0.717) is 0 Å². The fourth-order valence-corrected chi connectivity index (χ4v) is 4.43. The topological polar surface area (TPSA) is 77.8 Å². The van der Waals surface area contributed by atoms with Crippen molar-refractivity contribution in [1.29, 1.82) is 0 Å². The van der Waals surface area contributed by atoms with Gasteiger partial charge in [0, 0.05) is 37.4 Å². The molecule has 9 nitrogen and oxygen atoms in total. The van der Waals surface area contributed by atoms with Crippen LogP contribution in [0.25, 0.3) is 0 Å². The lowest BCUT2D eigenvalue weighted by atomic mass is 10.00. The maximum Gasteiger partial charge on any atom is 0.173 e. The van der Waals surface area contributed by atoms with Crippen molar-refractivity contribution < 1.29 is 14.2 Å². The minimum atomic E-state index is -0.270. The van der Waals surface area contributed by atoms with E-state index >= 15 is 0 Å². The molecule has 0 spiro atoms. The molecule has 0 bridgehead atoms. The molecule has 1 saturated heterocycles. The average Bonchev–Trinajstić information content (AvgIpc) is 3.35. The molecule has 1 aliphatic heterocycles. The van der Waals surface area contributed by atoms with Gasteiger partial charge in [-0.1, -0.05) is 0 Å². The van der Waals surface area contributed by atoms with Gasteiger partial charge in [0.1, 0.15) is 23.3 Å². The van der Waals surface area contributed by atoms with Gasteiger partial charge in [-0.3, -0.25) is 4.90 Å². The number of piperazine rings is 1. The van der Waals surface area contributed by atoms with Gasteiger partial charge in [-0.05, 0) is 73.7 Å². The molecule has 2 aromatic carbocycles. The van der Waals surface area contributed by atoms with Crippen molar-refractivity contribution >= 4 is 5.69 Å². The van der Waals surface area contributed by atoms with E-state index in [1.54, 1.807) is 21.3 Å². The van der Waals surface area contributed by atoms with Crippen molar-refractivity contribution in [3.05, 3.63) is 53.9 Å². The van der Waals surface area contributed by atoms with Crippen LogP contribution >= 0.6 is 0 Å². The van der Waals surface area contributed by atoms with Gasteiger partial charge in [-0.15, -0.1) is 5.10 Å². The van der Waals surface area contributed by atoms with E-state index in [-0.39, 0.29) is 11.6 Å². The van der Waals surface area contributed by atoms with Crippen molar-refractivity contribution in [2.75, 3.05) is 52.4 Å². The van der Waals surface area contributed by atoms with Gasteiger partial charge in [-0.2, -0.15) is 0 Å². The molecule has 3 aromatic rings. The van der Waals surface area contributed by atoms with Crippen LogP contribution in [0.5, 0.6) is 17.2 Å². The summed E-state index contributed by atoms with van der Waals surface area (Å²) in [4.78, 5) is 4.81.